The first kappa shape index (κ1) is 22.3. The maximum Gasteiger partial charge on any atom is 0.416 e. The van der Waals surface area contributed by atoms with Gasteiger partial charge in [-0.2, -0.15) is 13.2 Å². The quantitative estimate of drug-likeness (QED) is 0.500. The molecule has 7 heteroatoms. The normalized spacial score (nSPS) is 18.2. The molecule has 0 radical (unpaired) electrons. The Kier molecular flexibility index (Phi) is 6.10. The van der Waals surface area contributed by atoms with E-state index >= 15 is 0 Å². The number of fused-ring (bicyclic) bond motifs is 1. The van der Waals surface area contributed by atoms with Crippen molar-refractivity contribution in [3.8, 4) is 5.75 Å². The van der Waals surface area contributed by atoms with E-state index in [0.717, 1.165) is 62.5 Å². The van der Waals surface area contributed by atoms with Crippen molar-refractivity contribution in [1.82, 2.24) is 9.47 Å². The molecule has 4 nitrogen and oxygen atoms in total. The molecule has 2 heterocycles. The van der Waals surface area contributed by atoms with Crippen molar-refractivity contribution in [2.75, 3.05) is 13.1 Å². The number of aliphatic hydroxyl groups excluding tert-OH is 1. The Hall–Kier alpha value is -2.51. The molecule has 33 heavy (non-hydrogen) atoms. The van der Waals surface area contributed by atoms with Gasteiger partial charge in [-0.15, -0.1) is 0 Å². The summed E-state index contributed by atoms with van der Waals surface area (Å²) in [5, 5.41) is 11.0. The Bertz CT molecular complexity index is 1100. The van der Waals surface area contributed by atoms with Crippen LogP contribution in [0.5, 0.6) is 5.75 Å². The summed E-state index contributed by atoms with van der Waals surface area (Å²) < 4.78 is 46.6. The molecule has 1 aliphatic carbocycles. The van der Waals surface area contributed by atoms with Crippen LogP contribution >= 0.6 is 0 Å². The number of alkyl halides is 3. The summed E-state index contributed by atoms with van der Waals surface area (Å²) in [4.78, 5) is 2.39. The summed E-state index contributed by atoms with van der Waals surface area (Å²) in [6.07, 6.45) is 1.92. The predicted octanol–water partition coefficient (Wildman–Crippen LogP) is 5.61. The average Bonchev–Trinajstić information content (AvgIpc) is 3.55. The van der Waals surface area contributed by atoms with Crippen LogP contribution in [-0.4, -0.2) is 33.8 Å². The highest BCUT2D eigenvalue weighted by atomic mass is 19.4. The fraction of sp³-hybridized carbons (Fsp3) is 0.462. The van der Waals surface area contributed by atoms with E-state index in [4.69, 9.17) is 4.74 Å². The van der Waals surface area contributed by atoms with E-state index in [1.165, 1.54) is 36.1 Å². The van der Waals surface area contributed by atoms with Gasteiger partial charge in [0.25, 0.3) is 0 Å². The summed E-state index contributed by atoms with van der Waals surface area (Å²) in [5.41, 5.74) is 2.49. The Labute approximate surface area is 191 Å². The van der Waals surface area contributed by atoms with Gasteiger partial charge in [0.2, 0.25) is 0 Å². The van der Waals surface area contributed by atoms with Crippen molar-refractivity contribution in [2.45, 2.75) is 57.7 Å². The number of hydrogen-bond donors (Lipinski definition) is 1. The number of ether oxygens (including phenoxy) is 1. The van der Waals surface area contributed by atoms with Crippen molar-refractivity contribution < 1.29 is 23.0 Å². The van der Waals surface area contributed by atoms with E-state index < -0.39 is 11.7 Å². The van der Waals surface area contributed by atoms with Crippen molar-refractivity contribution >= 4 is 10.9 Å². The van der Waals surface area contributed by atoms with Crippen LogP contribution in [0.4, 0.5) is 13.2 Å². The summed E-state index contributed by atoms with van der Waals surface area (Å²) in [5.74, 6) is 1.47. The summed E-state index contributed by atoms with van der Waals surface area (Å²) in [6.45, 7) is 3.86. The van der Waals surface area contributed by atoms with Crippen LogP contribution in [0.25, 0.3) is 10.9 Å². The highest BCUT2D eigenvalue weighted by Crippen LogP contribution is 2.35. The Morgan fingerprint density at radius 1 is 0.970 bits per heavy atom. The second-order valence-corrected chi connectivity index (χ2v) is 9.42. The zero-order valence-electron chi connectivity index (χ0n) is 18.5. The number of aromatic nitrogens is 1. The average molecular weight is 459 g/mol. The Morgan fingerprint density at radius 2 is 1.70 bits per heavy atom. The maximum atomic E-state index is 12.8. The summed E-state index contributed by atoms with van der Waals surface area (Å²) in [7, 11) is 0. The number of nitrogens with zero attached hydrogens (tertiary/aromatic N) is 2. The molecule has 2 fully saturated rings. The van der Waals surface area contributed by atoms with Crippen LogP contribution < -0.4 is 4.74 Å². The fourth-order valence-electron chi connectivity index (χ4n) is 4.57. The molecule has 2 aliphatic rings. The molecule has 3 aromatic rings. The molecule has 5 rings (SSSR count). The molecular weight excluding hydrogens is 429 g/mol. The van der Waals surface area contributed by atoms with Gasteiger partial charge in [0.05, 0.1) is 11.7 Å². The third kappa shape index (κ3) is 5.36. The monoisotopic (exact) mass is 458 g/mol. The van der Waals surface area contributed by atoms with Crippen molar-refractivity contribution in [3.63, 3.8) is 0 Å². The highest BCUT2D eigenvalue weighted by molar-refractivity contribution is 5.85. The Morgan fingerprint density at radius 3 is 2.36 bits per heavy atom. The van der Waals surface area contributed by atoms with E-state index in [0.29, 0.717) is 11.3 Å². The summed E-state index contributed by atoms with van der Waals surface area (Å²) in [6, 6.07) is 11.2. The molecule has 2 aromatic carbocycles. The molecule has 176 valence electrons. The number of hydrogen-bond acceptors (Lipinski definition) is 3. The van der Waals surface area contributed by atoms with Gasteiger partial charge in [0.15, 0.2) is 0 Å². The Balaban J connectivity index is 1.34. The first-order chi connectivity index (χ1) is 15.8. The van der Waals surface area contributed by atoms with Crippen LogP contribution in [0.3, 0.4) is 0 Å². The summed E-state index contributed by atoms with van der Waals surface area (Å²) >= 11 is 0. The molecule has 1 aliphatic heterocycles. The second-order valence-electron chi connectivity index (χ2n) is 9.42. The predicted molar refractivity (Wildman–Crippen MR) is 121 cm³/mol. The van der Waals surface area contributed by atoms with Crippen LogP contribution in [-0.2, 0) is 25.9 Å². The molecule has 1 N–H and O–H groups in total. The van der Waals surface area contributed by atoms with Gasteiger partial charge in [-0.3, -0.25) is 4.90 Å². The zero-order chi connectivity index (χ0) is 23.0. The number of piperidine rings is 1. The van der Waals surface area contributed by atoms with Gasteiger partial charge in [-0.05, 0) is 73.1 Å². The SMILES string of the molecule is OC1CCN(Cc2cn(CC3CC3)c3ccc(OCc4ccc(C(F)(F)F)cc4)cc23)CC1. The number of rotatable bonds is 7. The van der Waals surface area contributed by atoms with Gasteiger partial charge >= 0.3 is 6.18 Å². The molecule has 0 amide bonds. The second kappa shape index (κ2) is 9.03. The molecule has 0 atom stereocenters. The van der Waals surface area contributed by atoms with Gasteiger partial charge < -0.3 is 14.4 Å². The smallest absolute Gasteiger partial charge is 0.416 e. The molecule has 1 aromatic heterocycles. The first-order valence-electron chi connectivity index (χ1n) is 11.7. The van der Waals surface area contributed by atoms with E-state index in [1.807, 2.05) is 6.07 Å². The van der Waals surface area contributed by atoms with Gasteiger partial charge in [-0.25, -0.2) is 0 Å². The number of likely N-dealkylation sites (tertiary alicyclic amines) is 1. The maximum absolute atomic E-state index is 12.8. The highest BCUT2D eigenvalue weighted by Gasteiger charge is 2.30. The van der Waals surface area contributed by atoms with Crippen LogP contribution in [0.15, 0.2) is 48.7 Å². The molecular formula is C26H29F3N2O2. The lowest BCUT2D eigenvalue weighted by molar-refractivity contribution is -0.137. The van der Waals surface area contributed by atoms with E-state index in [-0.39, 0.29) is 12.7 Å². The zero-order valence-corrected chi connectivity index (χ0v) is 18.5. The molecule has 0 bridgehead atoms. The topological polar surface area (TPSA) is 37.6 Å². The van der Waals surface area contributed by atoms with Crippen LogP contribution in [0.2, 0.25) is 0 Å². The molecule has 1 saturated carbocycles. The third-order valence-corrected chi connectivity index (χ3v) is 6.72. The van der Waals surface area contributed by atoms with Crippen LogP contribution in [0.1, 0.15) is 42.4 Å². The van der Waals surface area contributed by atoms with E-state index in [2.05, 4.69) is 27.8 Å². The first-order valence-corrected chi connectivity index (χ1v) is 11.7. The van der Waals surface area contributed by atoms with E-state index in [1.54, 1.807) is 0 Å². The fourth-order valence-corrected chi connectivity index (χ4v) is 4.57. The molecule has 1 saturated heterocycles. The standard InChI is InChI=1S/C26H29F3N2O2/c27-26(28,29)21-5-3-19(4-6-21)17-33-23-7-8-25-24(13-23)20(16-31(25)14-18-1-2-18)15-30-11-9-22(32)10-12-30/h3-8,13,16,18,22,32H,1-2,9-12,14-15,17H2. The van der Waals surface area contributed by atoms with E-state index in [9.17, 15) is 18.3 Å². The largest absolute Gasteiger partial charge is 0.489 e. The van der Waals surface area contributed by atoms with Crippen molar-refractivity contribution in [2.24, 2.45) is 5.92 Å². The minimum absolute atomic E-state index is 0.192. The van der Waals surface area contributed by atoms with Crippen LogP contribution in [0, 0.1) is 5.92 Å². The lowest BCUT2D eigenvalue weighted by Crippen LogP contribution is -2.35. The van der Waals surface area contributed by atoms with Crippen molar-refractivity contribution in [1.29, 1.82) is 0 Å². The van der Waals surface area contributed by atoms with Gasteiger partial charge in [0, 0.05) is 43.3 Å². The van der Waals surface area contributed by atoms with Gasteiger partial charge in [0.1, 0.15) is 12.4 Å². The third-order valence-electron chi connectivity index (χ3n) is 6.72. The molecule has 0 unspecified atom stereocenters. The number of benzene rings is 2. The number of halogens is 3. The minimum Gasteiger partial charge on any atom is -0.489 e. The lowest BCUT2D eigenvalue weighted by Gasteiger charge is -2.29. The lowest BCUT2D eigenvalue weighted by atomic mass is 10.1. The van der Waals surface area contributed by atoms with Gasteiger partial charge in [-0.1, -0.05) is 12.1 Å². The minimum atomic E-state index is -4.33. The molecule has 0 spiro atoms. The number of aliphatic hydroxyl groups is 1. The van der Waals surface area contributed by atoms with Crippen molar-refractivity contribution in [3.05, 3.63) is 65.4 Å².